The second kappa shape index (κ2) is 5.87. The lowest BCUT2D eigenvalue weighted by Crippen LogP contribution is -2.36. The minimum atomic E-state index is -3.13. The summed E-state index contributed by atoms with van der Waals surface area (Å²) in [7, 11) is -3.13. The first kappa shape index (κ1) is 16.9. The van der Waals surface area contributed by atoms with E-state index in [2.05, 4.69) is 38.2 Å². The van der Waals surface area contributed by atoms with Gasteiger partial charge in [-0.05, 0) is 53.5 Å². The van der Waals surface area contributed by atoms with Gasteiger partial charge in [-0.25, -0.2) is 8.42 Å². The predicted octanol–water partition coefficient (Wildman–Crippen LogP) is 2.73. The summed E-state index contributed by atoms with van der Waals surface area (Å²) >= 11 is 0. The van der Waals surface area contributed by atoms with E-state index in [0.717, 1.165) is 13.0 Å². The lowest BCUT2D eigenvalue weighted by molar-refractivity contribution is 0.391. The zero-order valence-electron chi connectivity index (χ0n) is 14.6. The maximum atomic E-state index is 11.9. The van der Waals surface area contributed by atoms with E-state index in [1.165, 1.54) is 41.4 Å². The quantitative estimate of drug-likeness (QED) is 0.903. The molecule has 0 amide bonds. The van der Waals surface area contributed by atoms with Gasteiger partial charge in [0.1, 0.15) is 0 Å². The lowest BCUT2D eigenvalue weighted by Gasteiger charge is -2.32. The van der Waals surface area contributed by atoms with Crippen molar-refractivity contribution >= 4 is 10.0 Å². The molecule has 1 atom stereocenters. The Balaban J connectivity index is 2.07. The van der Waals surface area contributed by atoms with E-state index in [-0.39, 0.29) is 5.41 Å². The molecule has 4 nitrogen and oxygen atoms in total. The standard InChI is InChI=1S/C18H28N2O2S/c1-18(2,3)14-10-13-12-20(23(4,21)22)9-7-15(13)16(11-14)17-6-5-8-19-17/h10-11,17,19H,5-9,12H2,1-4H3. The van der Waals surface area contributed by atoms with Crippen LogP contribution in [0.15, 0.2) is 12.1 Å². The highest BCUT2D eigenvalue weighted by atomic mass is 32.2. The fraction of sp³-hybridized carbons (Fsp3) is 0.667. The SMILES string of the molecule is CC(C)(C)c1cc2c(c(C3CCCN3)c1)CCN(S(C)(=O)=O)C2. The van der Waals surface area contributed by atoms with Gasteiger partial charge in [-0.2, -0.15) is 4.31 Å². The van der Waals surface area contributed by atoms with Crippen LogP contribution in [0.25, 0.3) is 0 Å². The molecule has 1 unspecified atom stereocenters. The van der Waals surface area contributed by atoms with Gasteiger partial charge in [0.25, 0.3) is 0 Å². The van der Waals surface area contributed by atoms with Gasteiger partial charge in [-0.1, -0.05) is 32.9 Å². The molecule has 1 fully saturated rings. The van der Waals surface area contributed by atoms with Crippen molar-refractivity contribution in [2.75, 3.05) is 19.3 Å². The Morgan fingerprint density at radius 2 is 2.00 bits per heavy atom. The molecule has 0 radical (unpaired) electrons. The zero-order chi connectivity index (χ0) is 16.8. The third-order valence-corrected chi connectivity index (χ3v) is 6.36. The molecule has 23 heavy (non-hydrogen) atoms. The van der Waals surface area contributed by atoms with Crippen LogP contribution in [0, 0.1) is 0 Å². The number of hydrogen-bond acceptors (Lipinski definition) is 3. The van der Waals surface area contributed by atoms with Gasteiger partial charge in [0.05, 0.1) is 6.26 Å². The van der Waals surface area contributed by atoms with E-state index in [0.29, 0.717) is 19.1 Å². The number of benzene rings is 1. The molecule has 2 aliphatic heterocycles. The minimum absolute atomic E-state index is 0.0652. The summed E-state index contributed by atoms with van der Waals surface area (Å²) in [6, 6.07) is 5.01. The van der Waals surface area contributed by atoms with Crippen LogP contribution in [0.1, 0.15) is 61.9 Å². The van der Waals surface area contributed by atoms with Gasteiger partial charge in [0, 0.05) is 19.1 Å². The van der Waals surface area contributed by atoms with Crippen molar-refractivity contribution in [2.24, 2.45) is 0 Å². The molecule has 0 aromatic heterocycles. The van der Waals surface area contributed by atoms with E-state index in [1.54, 1.807) is 4.31 Å². The summed E-state index contributed by atoms with van der Waals surface area (Å²) in [5.74, 6) is 0. The molecule has 1 aromatic rings. The summed E-state index contributed by atoms with van der Waals surface area (Å²) in [6.07, 6.45) is 4.52. The van der Waals surface area contributed by atoms with Crippen molar-refractivity contribution in [3.63, 3.8) is 0 Å². The molecule has 1 saturated heterocycles. The van der Waals surface area contributed by atoms with Crippen LogP contribution in [-0.4, -0.2) is 32.1 Å². The highest BCUT2D eigenvalue weighted by Crippen LogP contribution is 2.36. The van der Waals surface area contributed by atoms with Crippen LogP contribution in [0.5, 0.6) is 0 Å². The van der Waals surface area contributed by atoms with Crippen molar-refractivity contribution in [3.8, 4) is 0 Å². The van der Waals surface area contributed by atoms with E-state index in [4.69, 9.17) is 0 Å². The summed E-state index contributed by atoms with van der Waals surface area (Å²) in [5.41, 5.74) is 5.33. The largest absolute Gasteiger partial charge is 0.310 e. The molecule has 5 heteroatoms. The Labute approximate surface area is 140 Å². The van der Waals surface area contributed by atoms with Crippen molar-refractivity contribution in [3.05, 3.63) is 34.4 Å². The molecule has 2 aliphatic rings. The minimum Gasteiger partial charge on any atom is -0.310 e. The van der Waals surface area contributed by atoms with Gasteiger partial charge < -0.3 is 5.32 Å². The molecule has 0 bridgehead atoms. The van der Waals surface area contributed by atoms with E-state index >= 15 is 0 Å². The molecule has 0 aliphatic carbocycles. The number of rotatable bonds is 2. The van der Waals surface area contributed by atoms with Crippen molar-refractivity contribution in [1.29, 1.82) is 0 Å². The Kier molecular flexibility index (Phi) is 4.32. The summed E-state index contributed by atoms with van der Waals surface area (Å²) < 4.78 is 25.5. The smallest absolute Gasteiger partial charge is 0.211 e. The summed E-state index contributed by atoms with van der Waals surface area (Å²) in [4.78, 5) is 0. The van der Waals surface area contributed by atoms with Gasteiger partial charge in [-0.3, -0.25) is 0 Å². The van der Waals surface area contributed by atoms with Crippen LogP contribution in [-0.2, 0) is 28.4 Å². The molecule has 1 N–H and O–H groups in total. The third-order valence-electron chi connectivity index (χ3n) is 5.11. The van der Waals surface area contributed by atoms with Gasteiger partial charge in [0.15, 0.2) is 0 Å². The lowest BCUT2D eigenvalue weighted by atomic mass is 9.80. The van der Waals surface area contributed by atoms with E-state index < -0.39 is 10.0 Å². The first-order chi connectivity index (χ1) is 10.7. The molecular weight excluding hydrogens is 308 g/mol. The highest BCUT2D eigenvalue weighted by molar-refractivity contribution is 7.88. The maximum absolute atomic E-state index is 11.9. The van der Waals surface area contributed by atoms with Gasteiger partial charge in [0.2, 0.25) is 10.0 Å². The van der Waals surface area contributed by atoms with Crippen LogP contribution in [0.2, 0.25) is 0 Å². The molecule has 0 spiro atoms. The average Bonchev–Trinajstić information content (AvgIpc) is 2.97. The number of hydrogen-bond donors (Lipinski definition) is 1. The van der Waals surface area contributed by atoms with Crippen molar-refractivity contribution in [2.45, 2.75) is 58.0 Å². The molecule has 3 rings (SSSR count). The van der Waals surface area contributed by atoms with Gasteiger partial charge >= 0.3 is 0 Å². The Bertz CT molecular complexity index is 698. The number of fused-ring (bicyclic) bond motifs is 1. The molecule has 128 valence electrons. The molecule has 1 aromatic carbocycles. The molecule has 0 saturated carbocycles. The first-order valence-electron chi connectivity index (χ1n) is 8.51. The number of nitrogens with one attached hydrogen (secondary N) is 1. The fourth-order valence-electron chi connectivity index (χ4n) is 3.69. The van der Waals surface area contributed by atoms with Crippen molar-refractivity contribution < 1.29 is 8.42 Å². The molecule has 2 heterocycles. The zero-order valence-corrected chi connectivity index (χ0v) is 15.5. The number of nitrogens with zero attached hydrogens (tertiary/aromatic N) is 1. The summed E-state index contributed by atoms with van der Waals surface area (Å²) in [5, 5.41) is 3.61. The normalized spacial score (nSPS) is 23.0. The fourth-order valence-corrected chi connectivity index (χ4v) is 4.48. The second-order valence-electron chi connectivity index (χ2n) is 7.95. The maximum Gasteiger partial charge on any atom is 0.211 e. The molecular formula is C18H28N2O2S. The Morgan fingerprint density at radius 3 is 2.57 bits per heavy atom. The van der Waals surface area contributed by atoms with E-state index in [9.17, 15) is 8.42 Å². The second-order valence-corrected chi connectivity index (χ2v) is 9.93. The van der Waals surface area contributed by atoms with Crippen LogP contribution < -0.4 is 5.32 Å². The number of sulfonamides is 1. The first-order valence-corrected chi connectivity index (χ1v) is 10.4. The van der Waals surface area contributed by atoms with Crippen LogP contribution >= 0.6 is 0 Å². The van der Waals surface area contributed by atoms with E-state index in [1.807, 2.05) is 0 Å². The monoisotopic (exact) mass is 336 g/mol. The third kappa shape index (κ3) is 3.47. The van der Waals surface area contributed by atoms with Crippen LogP contribution in [0.4, 0.5) is 0 Å². The topological polar surface area (TPSA) is 49.4 Å². The summed E-state index contributed by atoms with van der Waals surface area (Å²) in [6.45, 7) is 8.85. The Hall–Kier alpha value is -0.910. The van der Waals surface area contributed by atoms with Gasteiger partial charge in [-0.15, -0.1) is 0 Å². The Morgan fingerprint density at radius 1 is 1.26 bits per heavy atom. The average molecular weight is 337 g/mol. The van der Waals surface area contributed by atoms with Crippen molar-refractivity contribution in [1.82, 2.24) is 9.62 Å². The highest BCUT2D eigenvalue weighted by Gasteiger charge is 2.29. The predicted molar refractivity (Wildman–Crippen MR) is 94.1 cm³/mol. The van der Waals surface area contributed by atoms with Crippen LogP contribution in [0.3, 0.4) is 0 Å².